The highest BCUT2D eigenvalue weighted by Crippen LogP contribution is 2.36. The number of alkyl halides is 3. The molecule has 140 valence electrons. The lowest BCUT2D eigenvalue weighted by Gasteiger charge is -2.37. The van der Waals surface area contributed by atoms with Crippen LogP contribution in [-0.2, 0) is 17.4 Å². The Morgan fingerprint density at radius 2 is 1.88 bits per heavy atom. The van der Waals surface area contributed by atoms with E-state index >= 15 is 0 Å². The third-order valence-corrected chi connectivity index (χ3v) is 5.07. The van der Waals surface area contributed by atoms with Crippen molar-refractivity contribution < 1.29 is 18.0 Å². The van der Waals surface area contributed by atoms with Crippen LogP contribution in [0.25, 0.3) is 0 Å². The molecule has 1 aromatic carbocycles. The normalized spacial score (nSPS) is 15.3. The van der Waals surface area contributed by atoms with Crippen LogP contribution >= 0.6 is 11.3 Å². The number of carbonyl (C=O) groups is 1. The van der Waals surface area contributed by atoms with E-state index < -0.39 is 11.7 Å². The number of halogens is 3. The summed E-state index contributed by atoms with van der Waals surface area (Å²) in [5.74, 6) is -0.0136. The number of thiazole rings is 1. The molecule has 0 bridgehead atoms. The first kappa shape index (κ1) is 18.5. The Balaban J connectivity index is 1.57. The molecule has 1 aliphatic heterocycles. The zero-order valence-electron chi connectivity index (χ0n) is 14.0. The highest BCUT2D eigenvalue weighted by atomic mass is 32.1. The maximum Gasteiger partial charge on any atom is 0.418 e. The molecule has 0 unspecified atom stereocenters. The molecular weight excluding hydrogens is 365 g/mol. The van der Waals surface area contributed by atoms with Gasteiger partial charge >= 0.3 is 6.18 Å². The summed E-state index contributed by atoms with van der Waals surface area (Å²) in [6.07, 6.45) is -3.55. The molecule has 5 nitrogen and oxygen atoms in total. The van der Waals surface area contributed by atoms with Crippen molar-refractivity contribution in [3.05, 3.63) is 40.9 Å². The summed E-state index contributed by atoms with van der Waals surface area (Å²) in [5, 5.41) is 2.30. The molecule has 2 aromatic rings. The molecule has 0 radical (unpaired) electrons. The number of aryl methyl sites for hydroxylation is 1. The predicted octanol–water partition coefficient (Wildman–Crippen LogP) is 3.03. The molecule has 0 spiro atoms. The van der Waals surface area contributed by atoms with E-state index in [1.165, 1.54) is 23.5 Å². The van der Waals surface area contributed by atoms with E-state index in [4.69, 9.17) is 5.73 Å². The number of amides is 1. The van der Waals surface area contributed by atoms with Gasteiger partial charge in [0.25, 0.3) is 0 Å². The number of para-hydroxylation sites is 1. The number of piperazine rings is 1. The van der Waals surface area contributed by atoms with Gasteiger partial charge in [-0.2, -0.15) is 13.2 Å². The Labute approximate surface area is 153 Å². The third-order valence-electron chi connectivity index (χ3n) is 4.35. The van der Waals surface area contributed by atoms with Crippen LogP contribution in [0.2, 0.25) is 0 Å². The van der Waals surface area contributed by atoms with Gasteiger partial charge in [0.05, 0.1) is 11.3 Å². The smallest absolute Gasteiger partial charge is 0.375 e. The summed E-state index contributed by atoms with van der Waals surface area (Å²) >= 11 is 1.34. The van der Waals surface area contributed by atoms with Crippen molar-refractivity contribution in [1.82, 2.24) is 9.88 Å². The van der Waals surface area contributed by atoms with Crippen LogP contribution in [0.15, 0.2) is 29.6 Å². The van der Waals surface area contributed by atoms with Gasteiger partial charge in [-0.15, -0.1) is 11.3 Å². The fourth-order valence-electron chi connectivity index (χ4n) is 3.02. The van der Waals surface area contributed by atoms with E-state index in [-0.39, 0.29) is 11.6 Å². The number of anilines is 2. The Bertz CT molecular complexity index is 769. The summed E-state index contributed by atoms with van der Waals surface area (Å²) in [7, 11) is 0. The average molecular weight is 384 g/mol. The van der Waals surface area contributed by atoms with Gasteiger partial charge in [-0.1, -0.05) is 12.1 Å². The fraction of sp³-hybridized carbons (Fsp3) is 0.412. The summed E-state index contributed by atoms with van der Waals surface area (Å²) in [6, 6.07) is 5.55. The number of nitrogen functional groups attached to an aromatic ring is 1. The minimum Gasteiger partial charge on any atom is -0.375 e. The fourth-order valence-corrected chi connectivity index (χ4v) is 3.61. The average Bonchev–Trinajstić information content (AvgIpc) is 3.04. The SMILES string of the molecule is Nc1nc(CCC(=O)N2CCN(c3ccccc3C(F)(F)F)CC2)cs1. The minimum atomic E-state index is -4.39. The lowest BCUT2D eigenvalue weighted by atomic mass is 10.1. The number of nitrogens with two attached hydrogens (primary N) is 1. The van der Waals surface area contributed by atoms with Crippen LogP contribution in [0, 0.1) is 0 Å². The highest BCUT2D eigenvalue weighted by Gasteiger charge is 2.35. The topological polar surface area (TPSA) is 62.5 Å². The molecule has 2 heterocycles. The molecule has 9 heteroatoms. The van der Waals surface area contributed by atoms with Gasteiger partial charge in [-0.3, -0.25) is 4.79 Å². The zero-order valence-corrected chi connectivity index (χ0v) is 14.8. The summed E-state index contributed by atoms with van der Waals surface area (Å²) in [6.45, 7) is 1.57. The molecular formula is C17H19F3N4OS. The first-order valence-corrected chi connectivity index (χ1v) is 9.11. The van der Waals surface area contributed by atoms with Crippen LogP contribution in [0.5, 0.6) is 0 Å². The Morgan fingerprint density at radius 3 is 2.50 bits per heavy atom. The summed E-state index contributed by atoms with van der Waals surface area (Å²) in [5.41, 5.74) is 5.89. The quantitative estimate of drug-likeness (QED) is 0.880. The van der Waals surface area contributed by atoms with E-state index in [2.05, 4.69) is 4.98 Å². The van der Waals surface area contributed by atoms with Gasteiger partial charge in [0.2, 0.25) is 5.91 Å². The molecule has 0 saturated carbocycles. The number of benzene rings is 1. The molecule has 1 amide bonds. The van der Waals surface area contributed by atoms with Gasteiger partial charge in [-0.05, 0) is 18.6 Å². The second-order valence-corrected chi connectivity index (χ2v) is 6.95. The first-order chi connectivity index (χ1) is 12.3. The van der Waals surface area contributed by atoms with Gasteiger partial charge in [0, 0.05) is 43.7 Å². The number of aromatic nitrogens is 1. The van der Waals surface area contributed by atoms with Crippen molar-refractivity contribution in [1.29, 1.82) is 0 Å². The van der Waals surface area contributed by atoms with Gasteiger partial charge in [0.1, 0.15) is 0 Å². The van der Waals surface area contributed by atoms with Crippen LogP contribution in [0.3, 0.4) is 0 Å². The van der Waals surface area contributed by atoms with Crippen LogP contribution in [0.4, 0.5) is 24.0 Å². The number of nitrogens with zero attached hydrogens (tertiary/aromatic N) is 3. The highest BCUT2D eigenvalue weighted by molar-refractivity contribution is 7.13. The lowest BCUT2D eigenvalue weighted by molar-refractivity contribution is -0.137. The van der Waals surface area contributed by atoms with Crippen LogP contribution < -0.4 is 10.6 Å². The number of carbonyl (C=O) groups excluding carboxylic acids is 1. The van der Waals surface area contributed by atoms with E-state index in [9.17, 15) is 18.0 Å². The van der Waals surface area contributed by atoms with Crippen molar-refractivity contribution in [2.45, 2.75) is 19.0 Å². The second kappa shape index (κ2) is 7.53. The van der Waals surface area contributed by atoms with Gasteiger partial charge in [0.15, 0.2) is 5.13 Å². The standard InChI is InChI=1S/C17H19F3N4OS/c18-17(19,20)13-3-1-2-4-14(13)23-7-9-24(10-8-23)15(25)6-5-12-11-26-16(21)22-12/h1-4,11H,5-10H2,(H2,21,22). The molecule has 1 fully saturated rings. The van der Waals surface area contributed by atoms with Crippen LogP contribution in [0.1, 0.15) is 17.7 Å². The van der Waals surface area contributed by atoms with Crippen LogP contribution in [-0.4, -0.2) is 42.0 Å². The van der Waals surface area contributed by atoms with E-state index in [0.717, 1.165) is 11.8 Å². The Kier molecular flexibility index (Phi) is 5.36. The molecule has 1 aliphatic rings. The molecule has 2 N–H and O–H groups in total. The zero-order chi connectivity index (χ0) is 18.7. The van der Waals surface area contributed by atoms with E-state index in [0.29, 0.717) is 44.2 Å². The van der Waals surface area contributed by atoms with Crippen molar-refractivity contribution in [2.75, 3.05) is 36.8 Å². The van der Waals surface area contributed by atoms with Crippen molar-refractivity contribution >= 4 is 28.1 Å². The Morgan fingerprint density at radius 1 is 1.19 bits per heavy atom. The molecule has 26 heavy (non-hydrogen) atoms. The molecule has 0 atom stereocenters. The summed E-state index contributed by atoms with van der Waals surface area (Å²) < 4.78 is 39.5. The van der Waals surface area contributed by atoms with Crippen molar-refractivity contribution in [3.63, 3.8) is 0 Å². The largest absolute Gasteiger partial charge is 0.418 e. The molecule has 1 saturated heterocycles. The summed E-state index contributed by atoms with van der Waals surface area (Å²) in [4.78, 5) is 19.8. The molecule has 0 aliphatic carbocycles. The minimum absolute atomic E-state index is 0.0136. The maximum absolute atomic E-state index is 13.2. The molecule has 3 rings (SSSR count). The molecule has 1 aromatic heterocycles. The number of hydrogen-bond acceptors (Lipinski definition) is 5. The number of rotatable bonds is 4. The Hall–Kier alpha value is -2.29. The third kappa shape index (κ3) is 4.27. The predicted molar refractivity (Wildman–Crippen MR) is 95.1 cm³/mol. The maximum atomic E-state index is 13.2. The van der Waals surface area contributed by atoms with E-state index in [1.807, 2.05) is 5.38 Å². The van der Waals surface area contributed by atoms with Crippen molar-refractivity contribution in [2.24, 2.45) is 0 Å². The van der Waals surface area contributed by atoms with Crippen molar-refractivity contribution in [3.8, 4) is 0 Å². The monoisotopic (exact) mass is 384 g/mol. The lowest BCUT2D eigenvalue weighted by Crippen LogP contribution is -2.49. The number of hydrogen-bond donors (Lipinski definition) is 1. The first-order valence-electron chi connectivity index (χ1n) is 8.23. The van der Waals surface area contributed by atoms with Gasteiger partial charge in [-0.25, -0.2) is 4.98 Å². The van der Waals surface area contributed by atoms with E-state index in [1.54, 1.807) is 15.9 Å². The van der Waals surface area contributed by atoms with Gasteiger partial charge < -0.3 is 15.5 Å². The second-order valence-electron chi connectivity index (χ2n) is 6.06.